The molecule has 0 saturated carbocycles. The first kappa shape index (κ1) is 23.9. The molecule has 0 radical (unpaired) electrons. The van der Waals surface area contributed by atoms with Gasteiger partial charge in [-0.25, -0.2) is 16.8 Å². The maximum atomic E-state index is 12.9. The summed E-state index contributed by atoms with van der Waals surface area (Å²) < 4.78 is 54.3. The lowest BCUT2D eigenvalue weighted by Gasteiger charge is -2.30. The molecule has 2 heterocycles. The molecule has 0 aromatic heterocycles. The van der Waals surface area contributed by atoms with E-state index in [1.165, 1.54) is 32.9 Å². The number of rotatable bonds is 6. The van der Waals surface area contributed by atoms with Gasteiger partial charge in [0.05, 0.1) is 9.79 Å². The number of nitrogens with one attached hydrogen (secondary N) is 1. The van der Waals surface area contributed by atoms with Crippen molar-refractivity contribution in [3.8, 4) is 0 Å². The van der Waals surface area contributed by atoms with Crippen molar-refractivity contribution in [2.75, 3.05) is 31.5 Å². The van der Waals surface area contributed by atoms with Crippen molar-refractivity contribution < 1.29 is 21.6 Å². The normalized spacial score (nSPS) is 20.6. The molecule has 0 spiro atoms. The van der Waals surface area contributed by atoms with E-state index in [0.29, 0.717) is 37.8 Å². The van der Waals surface area contributed by atoms with Crippen LogP contribution in [0.1, 0.15) is 43.0 Å². The van der Waals surface area contributed by atoms with Gasteiger partial charge in [0.15, 0.2) is 0 Å². The number of amides is 1. The third kappa shape index (κ3) is 5.13. The van der Waals surface area contributed by atoms with E-state index in [2.05, 4.69) is 5.32 Å². The van der Waals surface area contributed by atoms with E-state index in [-0.39, 0.29) is 15.4 Å². The summed E-state index contributed by atoms with van der Waals surface area (Å²) in [5, 5.41) is 2.72. The average molecular weight is 492 g/mol. The summed E-state index contributed by atoms with van der Waals surface area (Å²) in [5.74, 6) is -0.133. The highest BCUT2D eigenvalue weighted by Gasteiger charge is 2.29. The lowest BCUT2D eigenvalue weighted by atomic mass is 10.0. The highest BCUT2D eigenvalue weighted by Crippen LogP contribution is 2.25. The van der Waals surface area contributed by atoms with Crippen LogP contribution in [-0.4, -0.2) is 57.5 Å². The topological polar surface area (TPSA) is 104 Å². The summed E-state index contributed by atoms with van der Waals surface area (Å²) in [6.07, 6.45) is 3.54. The Kier molecular flexibility index (Phi) is 6.90. The van der Waals surface area contributed by atoms with Crippen LogP contribution in [0.5, 0.6) is 0 Å². The van der Waals surface area contributed by atoms with Gasteiger partial charge in [-0.05, 0) is 74.1 Å². The Morgan fingerprint density at radius 1 is 0.848 bits per heavy atom. The second kappa shape index (κ2) is 9.54. The number of anilines is 1. The zero-order valence-electron chi connectivity index (χ0n) is 18.6. The van der Waals surface area contributed by atoms with Crippen molar-refractivity contribution in [2.24, 2.45) is 5.92 Å². The molecule has 2 saturated heterocycles. The minimum absolute atomic E-state index is 0.0919. The van der Waals surface area contributed by atoms with Crippen LogP contribution in [0, 0.1) is 5.92 Å². The Balaban J connectivity index is 1.47. The summed E-state index contributed by atoms with van der Waals surface area (Å²) in [7, 11) is -7.20. The summed E-state index contributed by atoms with van der Waals surface area (Å²) in [6.45, 7) is 4.06. The van der Waals surface area contributed by atoms with E-state index in [9.17, 15) is 21.6 Å². The highest BCUT2D eigenvalue weighted by atomic mass is 32.2. The molecule has 2 aromatic rings. The zero-order chi connectivity index (χ0) is 23.6. The van der Waals surface area contributed by atoms with Gasteiger partial charge in [-0.3, -0.25) is 4.79 Å². The third-order valence-electron chi connectivity index (χ3n) is 6.17. The minimum Gasteiger partial charge on any atom is -0.322 e. The van der Waals surface area contributed by atoms with Crippen molar-refractivity contribution in [1.82, 2.24) is 8.61 Å². The summed E-state index contributed by atoms with van der Waals surface area (Å²) in [5.41, 5.74) is 0.646. The summed E-state index contributed by atoms with van der Waals surface area (Å²) in [6, 6.07) is 12.0. The Morgan fingerprint density at radius 2 is 1.48 bits per heavy atom. The molecule has 2 aromatic carbocycles. The van der Waals surface area contributed by atoms with E-state index in [1.54, 1.807) is 24.3 Å². The Labute approximate surface area is 195 Å². The summed E-state index contributed by atoms with van der Waals surface area (Å²) in [4.78, 5) is 13.0. The lowest BCUT2D eigenvalue weighted by Crippen LogP contribution is -2.39. The van der Waals surface area contributed by atoms with Crippen molar-refractivity contribution in [3.63, 3.8) is 0 Å². The molecule has 33 heavy (non-hydrogen) atoms. The minimum atomic E-state index is -3.62. The van der Waals surface area contributed by atoms with E-state index < -0.39 is 26.0 Å². The van der Waals surface area contributed by atoms with Crippen LogP contribution >= 0.6 is 0 Å². The maximum Gasteiger partial charge on any atom is 0.255 e. The fourth-order valence-corrected chi connectivity index (χ4v) is 7.46. The largest absolute Gasteiger partial charge is 0.322 e. The van der Waals surface area contributed by atoms with E-state index in [1.807, 2.05) is 6.92 Å². The molecule has 178 valence electrons. The number of nitrogens with zero attached hydrogens (tertiary/aromatic N) is 2. The van der Waals surface area contributed by atoms with Crippen LogP contribution in [0.2, 0.25) is 0 Å². The lowest BCUT2D eigenvalue weighted by molar-refractivity contribution is 0.102. The van der Waals surface area contributed by atoms with E-state index in [0.717, 1.165) is 25.7 Å². The molecule has 4 rings (SSSR count). The smallest absolute Gasteiger partial charge is 0.255 e. The Hall–Kier alpha value is -2.27. The monoisotopic (exact) mass is 491 g/mol. The van der Waals surface area contributed by atoms with Crippen LogP contribution in [0.3, 0.4) is 0 Å². The highest BCUT2D eigenvalue weighted by molar-refractivity contribution is 7.89. The first-order valence-corrected chi connectivity index (χ1v) is 14.1. The van der Waals surface area contributed by atoms with Crippen molar-refractivity contribution in [2.45, 2.75) is 42.4 Å². The van der Waals surface area contributed by atoms with Crippen LogP contribution in [0.4, 0.5) is 5.69 Å². The molecule has 8 nitrogen and oxygen atoms in total. The van der Waals surface area contributed by atoms with Crippen LogP contribution in [-0.2, 0) is 20.0 Å². The van der Waals surface area contributed by atoms with Gasteiger partial charge in [-0.15, -0.1) is 0 Å². The number of carbonyl (C=O) groups is 1. The van der Waals surface area contributed by atoms with Gasteiger partial charge in [0, 0.05) is 37.4 Å². The van der Waals surface area contributed by atoms with E-state index in [4.69, 9.17) is 0 Å². The fourth-order valence-electron chi connectivity index (χ4n) is 4.30. The second-order valence-corrected chi connectivity index (χ2v) is 12.6. The predicted molar refractivity (Wildman–Crippen MR) is 126 cm³/mol. The molecule has 1 unspecified atom stereocenters. The molecule has 2 fully saturated rings. The molecule has 2 aliphatic heterocycles. The molecule has 0 bridgehead atoms. The number of hydrogen-bond acceptors (Lipinski definition) is 5. The van der Waals surface area contributed by atoms with Gasteiger partial charge in [0.1, 0.15) is 0 Å². The maximum absolute atomic E-state index is 12.9. The molecule has 1 atom stereocenters. The number of benzene rings is 2. The first-order chi connectivity index (χ1) is 15.7. The van der Waals surface area contributed by atoms with Crippen LogP contribution in [0.25, 0.3) is 0 Å². The van der Waals surface area contributed by atoms with Crippen molar-refractivity contribution in [1.29, 1.82) is 0 Å². The van der Waals surface area contributed by atoms with Gasteiger partial charge >= 0.3 is 0 Å². The van der Waals surface area contributed by atoms with Gasteiger partial charge < -0.3 is 5.32 Å². The van der Waals surface area contributed by atoms with Crippen molar-refractivity contribution >= 4 is 31.6 Å². The predicted octanol–water partition coefficient (Wildman–Crippen LogP) is 3.14. The van der Waals surface area contributed by atoms with E-state index >= 15 is 0 Å². The van der Waals surface area contributed by atoms with Crippen molar-refractivity contribution in [3.05, 3.63) is 54.1 Å². The molecule has 1 N–H and O–H groups in total. The standard InChI is InChI=1S/C23H29N3O5S2/c1-18-6-5-15-26(17-18)32(28,29)21-11-9-20(10-12-21)24-23(27)19-7-4-8-22(16-19)33(30,31)25-13-2-3-14-25/h4,7-12,16,18H,2-3,5-6,13-15,17H2,1H3,(H,24,27). The quantitative estimate of drug-likeness (QED) is 0.669. The summed E-state index contributed by atoms with van der Waals surface area (Å²) >= 11 is 0. The molecular weight excluding hydrogens is 462 g/mol. The number of piperidine rings is 1. The second-order valence-electron chi connectivity index (χ2n) is 8.73. The Bertz CT molecular complexity index is 1220. The zero-order valence-corrected chi connectivity index (χ0v) is 20.2. The molecular formula is C23H29N3O5S2. The number of carbonyl (C=O) groups excluding carboxylic acids is 1. The molecule has 1 amide bonds. The first-order valence-electron chi connectivity index (χ1n) is 11.2. The molecule has 10 heteroatoms. The van der Waals surface area contributed by atoms with Crippen LogP contribution in [0.15, 0.2) is 58.3 Å². The number of sulfonamides is 2. The fraction of sp³-hybridized carbons (Fsp3) is 0.435. The van der Waals surface area contributed by atoms with Crippen LogP contribution < -0.4 is 5.32 Å². The van der Waals surface area contributed by atoms with Gasteiger partial charge in [0.25, 0.3) is 5.91 Å². The molecule has 2 aliphatic rings. The number of hydrogen-bond donors (Lipinski definition) is 1. The average Bonchev–Trinajstić information content (AvgIpc) is 3.35. The van der Waals surface area contributed by atoms with Gasteiger partial charge in [-0.1, -0.05) is 13.0 Å². The third-order valence-corrected chi connectivity index (χ3v) is 9.94. The SMILES string of the molecule is CC1CCCN(S(=O)(=O)c2ccc(NC(=O)c3cccc(S(=O)(=O)N4CCCC4)c3)cc2)C1. The molecule has 0 aliphatic carbocycles. The van der Waals surface area contributed by atoms with Gasteiger partial charge in [0.2, 0.25) is 20.0 Å². The van der Waals surface area contributed by atoms with Gasteiger partial charge in [-0.2, -0.15) is 8.61 Å². The Morgan fingerprint density at radius 3 is 2.15 bits per heavy atom.